The summed E-state index contributed by atoms with van der Waals surface area (Å²) in [6.45, 7) is 4.03. The van der Waals surface area contributed by atoms with E-state index in [2.05, 4.69) is 39.4 Å². The molecule has 1 aliphatic rings. The Hall–Kier alpha value is -4.06. The van der Waals surface area contributed by atoms with Gasteiger partial charge in [0.2, 0.25) is 0 Å². The maximum atomic E-state index is 13.0. The van der Waals surface area contributed by atoms with Gasteiger partial charge in [0.15, 0.2) is 0 Å². The Bertz CT molecular complexity index is 1280. The molecular weight excluding hydrogens is 424 g/mol. The van der Waals surface area contributed by atoms with Crippen LogP contribution in [0.4, 0.5) is 11.5 Å². The van der Waals surface area contributed by atoms with Gasteiger partial charge in [-0.1, -0.05) is 42.5 Å². The summed E-state index contributed by atoms with van der Waals surface area (Å²) in [7, 11) is 1.64. The number of carbonyl (C=O) groups is 1. The molecule has 0 radical (unpaired) electrons. The van der Waals surface area contributed by atoms with Crippen molar-refractivity contribution >= 4 is 28.2 Å². The molecule has 2 heterocycles. The molecule has 0 bridgehead atoms. The first-order valence-corrected chi connectivity index (χ1v) is 11.6. The van der Waals surface area contributed by atoms with Crippen molar-refractivity contribution in [3.05, 3.63) is 96.2 Å². The number of amides is 1. The monoisotopic (exact) mass is 452 g/mol. The van der Waals surface area contributed by atoms with Gasteiger partial charge in [-0.2, -0.15) is 0 Å². The number of fused-ring (bicyclic) bond motifs is 1. The molecule has 1 amide bonds. The Morgan fingerprint density at radius 3 is 2.44 bits per heavy atom. The number of methoxy groups -OCH3 is 1. The van der Waals surface area contributed by atoms with E-state index in [1.165, 1.54) is 5.69 Å². The zero-order valence-electron chi connectivity index (χ0n) is 19.3. The maximum Gasteiger partial charge on any atom is 0.251 e. The second-order valence-electron chi connectivity index (χ2n) is 8.37. The van der Waals surface area contributed by atoms with Crippen LogP contribution in [0.3, 0.4) is 0 Å². The topological polar surface area (TPSA) is 57.7 Å². The van der Waals surface area contributed by atoms with Crippen LogP contribution in [0.2, 0.25) is 0 Å². The van der Waals surface area contributed by atoms with Crippen molar-refractivity contribution < 1.29 is 9.53 Å². The number of nitrogens with one attached hydrogen (secondary N) is 1. The summed E-state index contributed by atoms with van der Waals surface area (Å²) < 4.78 is 5.39. The molecule has 1 N–H and O–H groups in total. The fourth-order valence-corrected chi connectivity index (χ4v) is 4.49. The molecule has 3 aromatic carbocycles. The highest BCUT2D eigenvalue weighted by atomic mass is 16.5. The number of hydrogen-bond donors (Lipinski definition) is 1. The molecule has 6 heteroatoms. The SMILES string of the molecule is COc1ccccc1CNC(=O)c1ccc2ccnc(N3CCN(c4ccccc4)CC3)c2c1. The van der Waals surface area contributed by atoms with E-state index in [1.807, 2.05) is 60.8 Å². The largest absolute Gasteiger partial charge is 0.496 e. The summed E-state index contributed by atoms with van der Waals surface area (Å²) >= 11 is 0. The third-order valence-electron chi connectivity index (χ3n) is 6.34. The number of hydrogen-bond acceptors (Lipinski definition) is 5. The van der Waals surface area contributed by atoms with Crippen LogP contribution in [0.15, 0.2) is 85.1 Å². The number of aromatic nitrogens is 1. The van der Waals surface area contributed by atoms with Gasteiger partial charge in [0.25, 0.3) is 5.91 Å². The van der Waals surface area contributed by atoms with Crippen molar-refractivity contribution in [1.82, 2.24) is 10.3 Å². The quantitative estimate of drug-likeness (QED) is 0.467. The van der Waals surface area contributed by atoms with Gasteiger partial charge in [-0.05, 0) is 41.8 Å². The maximum absolute atomic E-state index is 13.0. The first-order chi connectivity index (χ1) is 16.7. The van der Waals surface area contributed by atoms with E-state index in [0.717, 1.165) is 54.1 Å². The first-order valence-electron chi connectivity index (χ1n) is 11.6. The number of para-hydroxylation sites is 2. The van der Waals surface area contributed by atoms with Gasteiger partial charge >= 0.3 is 0 Å². The summed E-state index contributed by atoms with van der Waals surface area (Å²) in [4.78, 5) is 22.4. The van der Waals surface area contributed by atoms with Crippen LogP contribution < -0.4 is 19.9 Å². The molecule has 0 unspecified atom stereocenters. The molecule has 6 nitrogen and oxygen atoms in total. The normalized spacial score (nSPS) is 13.7. The highest BCUT2D eigenvalue weighted by Gasteiger charge is 2.20. The van der Waals surface area contributed by atoms with Gasteiger partial charge in [-0.15, -0.1) is 0 Å². The standard InChI is InChI=1S/C28H28N4O2/c1-34-26-10-6-5-7-23(26)20-30-28(33)22-12-11-21-13-14-29-27(25(21)19-22)32-17-15-31(16-18-32)24-8-3-2-4-9-24/h2-14,19H,15-18,20H2,1H3,(H,30,33). The number of carbonyl (C=O) groups excluding carboxylic acids is 1. The molecule has 1 aliphatic heterocycles. The molecular formula is C28H28N4O2. The lowest BCUT2D eigenvalue weighted by Crippen LogP contribution is -2.46. The van der Waals surface area contributed by atoms with Gasteiger partial charge in [0.1, 0.15) is 11.6 Å². The van der Waals surface area contributed by atoms with E-state index >= 15 is 0 Å². The highest BCUT2D eigenvalue weighted by molar-refractivity contribution is 6.01. The molecule has 172 valence electrons. The predicted molar refractivity (Wildman–Crippen MR) is 137 cm³/mol. The van der Waals surface area contributed by atoms with Crippen molar-refractivity contribution in [3.63, 3.8) is 0 Å². The van der Waals surface area contributed by atoms with Crippen LogP contribution in [0.1, 0.15) is 15.9 Å². The zero-order chi connectivity index (χ0) is 23.3. The Balaban J connectivity index is 1.33. The number of anilines is 2. The van der Waals surface area contributed by atoms with Crippen molar-refractivity contribution in [2.75, 3.05) is 43.1 Å². The molecule has 0 saturated carbocycles. The number of nitrogens with zero attached hydrogens (tertiary/aromatic N) is 3. The van der Waals surface area contributed by atoms with Crippen LogP contribution in [0, 0.1) is 0 Å². The molecule has 34 heavy (non-hydrogen) atoms. The minimum atomic E-state index is -0.114. The molecule has 4 aromatic rings. The number of pyridine rings is 1. The second kappa shape index (κ2) is 9.83. The molecule has 0 atom stereocenters. The van der Waals surface area contributed by atoms with Crippen LogP contribution in [-0.4, -0.2) is 44.2 Å². The van der Waals surface area contributed by atoms with Gasteiger partial charge in [0.05, 0.1) is 7.11 Å². The average Bonchev–Trinajstić information content (AvgIpc) is 2.92. The van der Waals surface area contributed by atoms with Crippen LogP contribution in [0.25, 0.3) is 10.8 Å². The summed E-state index contributed by atoms with van der Waals surface area (Å²) in [5, 5.41) is 5.10. The Morgan fingerprint density at radius 2 is 1.65 bits per heavy atom. The van der Waals surface area contributed by atoms with Crippen molar-refractivity contribution in [2.45, 2.75) is 6.54 Å². The lowest BCUT2D eigenvalue weighted by atomic mass is 10.1. The molecule has 1 saturated heterocycles. The number of piperazine rings is 1. The molecule has 0 aliphatic carbocycles. The number of ether oxygens (including phenoxy) is 1. The summed E-state index contributed by atoms with van der Waals surface area (Å²) in [5.41, 5.74) is 2.82. The van der Waals surface area contributed by atoms with E-state index < -0.39 is 0 Å². The Morgan fingerprint density at radius 1 is 0.912 bits per heavy atom. The average molecular weight is 453 g/mol. The van der Waals surface area contributed by atoms with Crippen molar-refractivity contribution in [1.29, 1.82) is 0 Å². The predicted octanol–water partition coefficient (Wildman–Crippen LogP) is 4.50. The van der Waals surface area contributed by atoms with E-state index in [1.54, 1.807) is 7.11 Å². The fraction of sp³-hybridized carbons (Fsp3) is 0.214. The molecule has 5 rings (SSSR count). The van der Waals surface area contributed by atoms with E-state index in [9.17, 15) is 4.79 Å². The third-order valence-corrected chi connectivity index (χ3v) is 6.34. The van der Waals surface area contributed by atoms with Gasteiger partial charge in [0, 0.05) is 61.1 Å². The lowest BCUT2D eigenvalue weighted by Gasteiger charge is -2.37. The smallest absolute Gasteiger partial charge is 0.251 e. The highest BCUT2D eigenvalue weighted by Crippen LogP contribution is 2.27. The Kier molecular flexibility index (Phi) is 6.29. The van der Waals surface area contributed by atoms with Crippen molar-refractivity contribution in [2.24, 2.45) is 0 Å². The van der Waals surface area contributed by atoms with Crippen molar-refractivity contribution in [3.8, 4) is 5.75 Å². The summed E-state index contributed by atoms with van der Waals surface area (Å²) in [6, 6.07) is 26.0. The van der Waals surface area contributed by atoms with Crippen LogP contribution >= 0.6 is 0 Å². The zero-order valence-corrected chi connectivity index (χ0v) is 19.3. The van der Waals surface area contributed by atoms with E-state index in [0.29, 0.717) is 12.1 Å². The third kappa shape index (κ3) is 4.53. The fourth-order valence-electron chi connectivity index (χ4n) is 4.49. The minimum Gasteiger partial charge on any atom is -0.496 e. The van der Waals surface area contributed by atoms with E-state index in [-0.39, 0.29) is 5.91 Å². The van der Waals surface area contributed by atoms with Crippen LogP contribution in [0.5, 0.6) is 5.75 Å². The molecule has 1 aromatic heterocycles. The number of benzene rings is 3. The second-order valence-corrected chi connectivity index (χ2v) is 8.37. The molecule has 1 fully saturated rings. The number of rotatable bonds is 6. The summed E-state index contributed by atoms with van der Waals surface area (Å²) in [6.07, 6.45) is 1.85. The summed E-state index contributed by atoms with van der Waals surface area (Å²) in [5.74, 6) is 1.59. The van der Waals surface area contributed by atoms with Gasteiger partial charge in [-0.25, -0.2) is 4.98 Å². The minimum absolute atomic E-state index is 0.114. The van der Waals surface area contributed by atoms with Gasteiger partial charge < -0.3 is 19.9 Å². The van der Waals surface area contributed by atoms with Crippen LogP contribution in [-0.2, 0) is 6.54 Å². The van der Waals surface area contributed by atoms with Gasteiger partial charge in [-0.3, -0.25) is 4.79 Å². The molecule has 0 spiro atoms. The van der Waals surface area contributed by atoms with E-state index in [4.69, 9.17) is 9.72 Å². The first kappa shape index (κ1) is 21.8. The Labute approximate surface area is 199 Å². The lowest BCUT2D eigenvalue weighted by molar-refractivity contribution is 0.0951.